The van der Waals surface area contributed by atoms with E-state index in [0.29, 0.717) is 23.9 Å². The summed E-state index contributed by atoms with van der Waals surface area (Å²) in [7, 11) is 0. The molecule has 1 heterocycles. The van der Waals surface area contributed by atoms with Crippen molar-refractivity contribution >= 4 is 83.8 Å². The number of aliphatic carboxylic acids is 1. The monoisotopic (exact) mass is 527 g/mol. The van der Waals surface area contributed by atoms with Crippen molar-refractivity contribution in [3.63, 3.8) is 0 Å². The zero-order valence-electron chi connectivity index (χ0n) is 13.5. The third-order valence-electron chi connectivity index (χ3n) is 3.47. The third-order valence-corrected chi connectivity index (χ3v) is 5.95. The van der Waals surface area contributed by atoms with E-state index in [2.05, 4.69) is 31.9 Å². The summed E-state index contributed by atoms with van der Waals surface area (Å²) in [6, 6.07) is 12.7. The van der Waals surface area contributed by atoms with Crippen molar-refractivity contribution in [3.8, 4) is 5.75 Å². The number of carbonyl (C=O) groups is 2. The molecule has 3 rings (SSSR count). The van der Waals surface area contributed by atoms with Gasteiger partial charge >= 0.3 is 5.97 Å². The van der Waals surface area contributed by atoms with Crippen LogP contribution in [-0.2, 0) is 9.59 Å². The van der Waals surface area contributed by atoms with Crippen molar-refractivity contribution in [1.29, 1.82) is 0 Å². The molecule has 0 atom stereocenters. The Morgan fingerprint density at radius 2 is 1.85 bits per heavy atom. The van der Waals surface area contributed by atoms with Crippen LogP contribution >= 0.6 is 55.8 Å². The van der Waals surface area contributed by atoms with Gasteiger partial charge in [-0.3, -0.25) is 9.69 Å². The largest absolute Gasteiger partial charge is 0.480 e. The van der Waals surface area contributed by atoms with E-state index in [4.69, 9.17) is 22.1 Å². The third kappa shape index (κ3) is 4.60. The second kappa shape index (κ2) is 8.55. The molecule has 1 saturated heterocycles. The molecule has 2 aromatic carbocycles. The first kappa shape index (κ1) is 20.1. The zero-order valence-corrected chi connectivity index (χ0v) is 18.3. The van der Waals surface area contributed by atoms with Gasteiger partial charge in [0.1, 0.15) is 5.75 Å². The quantitative estimate of drug-likeness (QED) is 0.431. The van der Waals surface area contributed by atoms with Crippen LogP contribution in [0.5, 0.6) is 5.75 Å². The molecule has 0 aliphatic carbocycles. The molecule has 27 heavy (non-hydrogen) atoms. The Hall–Kier alpha value is -1.68. The number of thioether (sulfide) groups is 1. The van der Waals surface area contributed by atoms with Gasteiger partial charge in [-0.15, -0.1) is 0 Å². The Morgan fingerprint density at radius 3 is 2.44 bits per heavy atom. The molecule has 0 radical (unpaired) electrons. The predicted octanol–water partition coefficient (Wildman–Crippen LogP) is 5.08. The second-order valence-electron chi connectivity index (χ2n) is 5.35. The minimum atomic E-state index is -1.07. The summed E-state index contributed by atoms with van der Waals surface area (Å²) in [6.45, 7) is -0.452. The zero-order chi connectivity index (χ0) is 19.6. The van der Waals surface area contributed by atoms with Gasteiger partial charge in [0.2, 0.25) is 0 Å². The summed E-state index contributed by atoms with van der Waals surface area (Å²) in [4.78, 5) is 25.5. The smallest absolute Gasteiger partial charge is 0.341 e. The Morgan fingerprint density at radius 1 is 1.22 bits per heavy atom. The highest BCUT2D eigenvalue weighted by atomic mass is 79.9. The van der Waals surface area contributed by atoms with Gasteiger partial charge in [-0.2, -0.15) is 0 Å². The first-order valence-corrected chi connectivity index (χ1v) is 10.3. The van der Waals surface area contributed by atoms with Gasteiger partial charge in [0.25, 0.3) is 5.91 Å². The lowest BCUT2D eigenvalue weighted by Gasteiger charge is -2.13. The molecule has 0 spiro atoms. The number of nitrogens with zero attached hydrogens (tertiary/aromatic N) is 1. The van der Waals surface area contributed by atoms with E-state index in [1.54, 1.807) is 18.2 Å². The van der Waals surface area contributed by atoms with E-state index in [1.165, 1.54) is 16.7 Å². The van der Waals surface area contributed by atoms with Crippen LogP contribution in [0.2, 0.25) is 0 Å². The summed E-state index contributed by atoms with van der Waals surface area (Å²) in [6.07, 6.45) is 1.73. The number of para-hydroxylation sites is 1. The number of benzene rings is 2. The Labute approximate surface area is 181 Å². The number of carboxylic acids is 1. The highest BCUT2D eigenvalue weighted by molar-refractivity contribution is 9.11. The molecular weight excluding hydrogens is 518 g/mol. The lowest BCUT2D eigenvalue weighted by Crippen LogP contribution is -2.27. The van der Waals surface area contributed by atoms with E-state index in [0.717, 1.165) is 11.3 Å². The molecule has 1 aliphatic heterocycles. The Kier molecular flexibility index (Phi) is 6.36. The van der Waals surface area contributed by atoms with Crippen molar-refractivity contribution in [2.75, 3.05) is 11.5 Å². The molecule has 138 valence electrons. The lowest BCUT2D eigenvalue weighted by molar-refractivity contribution is -0.139. The number of hydrogen-bond acceptors (Lipinski definition) is 5. The molecule has 1 amide bonds. The highest BCUT2D eigenvalue weighted by Crippen LogP contribution is 2.39. The van der Waals surface area contributed by atoms with Crippen molar-refractivity contribution in [2.45, 2.75) is 0 Å². The van der Waals surface area contributed by atoms with Crippen LogP contribution < -0.4 is 9.64 Å². The van der Waals surface area contributed by atoms with Crippen molar-refractivity contribution < 1.29 is 19.4 Å². The number of hydrogen-bond donors (Lipinski definition) is 1. The average molecular weight is 529 g/mol. The molecule has 1 aliphatic rings. The lowest BCUT2D eigenvalue weighted by atomic mass is 10.2. The van der Waals surface area contributed by atoms with Gasteiger partial charge < -0.3 is 9.84 Å². The van der Waals surface area contributed by atoms with Crippen molar-refractivity contribution in [1.82, 2.24) is 0 Å². The fraction of sp³-hybridized carbons (Fsp3) is 0.0556. The number of anilines is 1. The van der Waals surface area contributed by atoms with Crippen LogP contribution in [0.4, 0.5) is 5.69 Å². The van der Waals surface area contributed by atoms with Crippen LogP contribution in [0.25, 0.3) is 6.08 Å². The molecule has 2 aromatic rings. The fourth-order valence-electron chi connectivity index (χ4n) is 2.35. The molecule has 0 bridgehead atoms. The minimum Gasteiger partial charge on any atom is -0.480 e. The van der Waals surface area contributed by atoms with Crippen LogP contribution in [-0.4, -0.2) is 27.9 Å². The van der Waals surface area contributed by atoms with E-state index in [-0.39, 0.29) is 5.91 Å². The summed E-state index contributed by atoms with van der Waals surface area (Å²) >= 11 is 13.3. The molecular formula is C18H11Br2NO4S2. The predicted molar refractivity (Wildman–Crippen MR) is 117 cm³/mol. The topological polar surface area (TPSA) is 66.8 Å². The first-order chi connectivity index (χ1) is 12.9. The summed E-state index contributed by atoms with van der Waals surface area (Å²) in [5.41, 5.74) is 1.47. The molecule has 1 N–H and O–H groups in total. The molecule has 9 heteroatoms. The van der Waals surface area contributed by atoms with Gasteiger partial charge in [0.05, 0.1) is 19.5 Å². The van der Waals surface area contributed by atoms with Gasteiger partial charge in [0.15, 0.2) is 10.9 Å². The van der Waals surface area contributed by atoms with Crippen LogP contribution in [0.15, 0.2) is 56.3 Å². The number of carbonyl (C=O) groups excluding carboxylic acids is 1. The highest BCUT2D eigenvalue weighted by Gasteiger charge is 2.33. The number of rotatable bonds is 5. The van der Waals surface area contributed by atoms with Crippen LogP contribution in [0, 0.1) is 0 Å². The van der Waals surface area contributed by atoms with E-state index in [9.17, 15) is 9.59 Å². The number of carboxylic acid groups (broad SMARTS) is 1. The van der Waals surface area contributed by atoms with E-state index >= 15 is 0 Å². The Bertz CT molecular complexity index is 940. The SMILES string of the molecule is O=C(O)COc1c(Br)cc(/C=C2/SC(=S)N(c3ccccc3)C2=O)cc1Br. The van der Waals surface area contributed by atoms with Crippen LogP contribution in [0.1, 0.15) is 5.56 Å². The van der Waals surface area contributed by atoms with E-state index in [1.807, 2.05) is 30.3 Å². The van der Waals surface area contributed by atoms with Crippen molar-refractivity contribution in [2.24, 2.45) is 0 Å². The molecule has 0 aromatic heterocycles. The first-order valence-electron chi connectivity index (χ1n) is 7.53. The number of ether oxygens (including phenoxy) is 1. The summed E-state index contributed by atoms with van der Waals surface area (Å²) < 4.78 is 6.87. The van der Waals surface area contributed by atoms with Gasteiger partial charge in [0, 0.05) is 0 Å². The normalized spacial score (nSPS) is 15.5. The number of thiocarbonyl (C=S) groups is 1. The van der Waals surface area contributed by atoms with E-state index < -0.39 is 12.6 Å². The maximum Gasteiger partial charge on any atom is 0.341 e. The second-order valence-corrected chi connectivity index (χ2v) is 8.73. The molecule has 0 unspecified atom stereocenters. The van der Waals surface area contributed by atoms with Crippen LogP contribution in [0.3, 0.4) is 0 Å². The van der Waals surface area contributed by atoms with Gasteiger partial charge in [-0.25, -0.2) is 4.79 Å². The maximum absolute atomic E-state index is 12.8. The molecule has 1 fully saturated rings. The van der Waals surface area contributed by atoms with Crippen molar-refractivity contribution in [3.05, 3.63) is 61.9 Å². The maximum atomic E-state index is 12.8. The molecule has 0 saturated carbocycles. The fourth-order valence-corrected chi connectivity index (χ4v) is 5.10. The molecule has 5 nitrogen and oxygen atoms in total. The summed E-state index contributed by atoms with van der Waals surface area (Å²) in [5.74, 6) is -0.872. The summed E-state index contributed by atoms with van der Waals surface area (Å²) in [5, 5.41) is 8.75. The Balaban J connectivity index is 1.88. The average Bonchev–Trinajstić information content (AvgIpc) is 2.88. The number of halogens is 2. The standard InChI is InChI=1S/C18H11Br2NO4S2/c19-12-6-10(7-13(20)16(12)25-9-15(22)23)8-14-17(24)21(18(26)27-14)11-4-2-1-3-5-11/h1-8H,9H2,(H,22,23)/b14-8+. The number of amides is 1. The minimum absolute atomic E-state index is 0.186. The van der Waals surface area contributed by atoms with Gasteiger partial charge in [-0.05, 0) is 67.8 Å². The van der Waals surface area contributed by atoms with Gasteiger partial charge in [-0.1, -0.05) is 42.2 Å².